The summed E-state index contributed by atoms with van der Waals surface area (Å²) in [5, 5.41) is 0.786. The Labute approximate surface area is 235 Å². The van der Waals surface area contributed by atoms with E-state index in [4.69, 9.17) is 19.9 Å². The highest BCUT2D eigenvalue weighted by atomic mass is 32.2. The van der Waals surface area contributed by atoms with Crippen molar-refractivity contribution in [1.29, 1.82) is 0 Å². The minimum atomic E-state index is -0.560. The molecule has 2 aliphatic heterocycles. The molecule has 0 radical (unpaired) electrons. The molecule has 2 aliphatic rings. The van der Waals surface area contributed by atoms with Gasteiger partial charge in [0, 0.05) is 48.8 Å². The molecule has 1 spiro atoms. The van der Waals surface area contributed by atoms with Gasteiger partial charge in [0.25, 0.3) is 5.91 Å². The summed E-state index contributed by atoms with van der Waals surface area (Å²) in [6, 6.07) is 15.7. The number of methoxy groups -OCH3 is 1. The fourth-order valence-electron chi connectivity index (χ4n) is 5.03. The van der Waals surface area contributed by atoms with Crippen LogP contribution in [0.4, 0.5) is 15.9 Å². The van der Waals surface area contributed by atoms with Crippen LogP contribution in [0, 0.1) is 5.82 Å². The van der Waals surface area contributed by atoms with E-state index in [9.17, 15) is 9.18 Å². The minimum Gasteiger partial charge on any atom is -0.480 e. The van der Waals surface area contributed by atoms with Gasteiger partial charge in [0.2, 0.25) is 5.88 Å². The summed E-state index contributed by atoms with van der Waals surface area (Å²) in [5.41, 5.74) is 9.64. The first-order valence-electron chi connectivity index (χ1n) is 12.9. The van der Waals surface area contributed by atoms with Crippen molar-refractivity contribution in [1.82, 2.24) is 14.9 Å². The maximum absolute atomic E-state index is 13.6. The standard InChI is InChI=1S/C29H28FN5O4S/c1-37-27-25(40-34-22-4-2-3-21(30)16-22)15-20(17-32-27)18-5-6-24-19(13-18)14-23(26(31)33-24)28(36)35-9-7-29(8-10-35)38-11-12-39-29/h2-6,13-17,34H,7-12H2,1H3,(H2,31,33). The zero-order valence-electron chi connectivity index (χ0n) is 21.9. The molecule has 0 atom stereocenters. The van der Waals surface area contributed by atoms with Crippen LogP contribution >= 0.6 is 11.9 Å². The van der Waals surface area contributed by atoms with Gasteiger partial charge in [-0.3, -0.25) is 4.79 Å². The lowest BCUT2D eigenvalue weighted by molar-refractivity contribution is -0.181. The van der Waals surface area contributed by atoms with Gasteiger partial charge in [0.1, 0.15) is 11.6 Å². The number of piperidine rings is 1. The summed E-state index contributed by atoms with van der Waals surface area (Å²) < 4.78 is 33.7. The van der Waals surface area contributed by atoms with Crippen LogP contribution in [0.5, 0.6) is 5.88 Å². The quantitative estimate of drug-likeness (QED) is 0.310. The maximum atomic E-state index is 13.6. The van der Waals surface area contributed by atoms with Gasteiger partial charge < -0.3 is 29.6 Å². The number of hydrogen-bond donors (Lipinski definition) is 2. The Hall–Kier alpha value is -3.93. The summed E-state index contributed by atoms with van der Waals surface area (Å²) in [6.07, 6.45) is 2.98. The third-order valence-corrected chi connectivity index (χ3v) is 8.00. The Morgan fingerprint density at radius 2 is 1.90 bits per heavy atom. The highest BCUT2D eigenvalue weighted by Crippen LogP contribution is 2.35. The molecule has 2 aromatic carbocycles. The number of halogens is 1. The van der Waals surface area contributed by atoms with E-state index >= 15 is 0 Å². The molecule has 9 nitrogen and oxygen atoms in total. The molecule has 0 unspecified atom stereocenters. The Kier molecular flexibility index (Phi) is 7.18. The van der Waals surface area contributed by atoms with Crippen molar-refractivity contribution in [3.63, 3.8) is 0 Å². The summed E-state index contributed by atoms with van der Waals surface area (Å²) in [7, 11) is 1.55. The summed E-state index contributed by atoms with van der Waals surface area (Å²) >= 11 is 1.28. The average Bonchev–Trinajstić information content (AvgIpc) is 3.43. The first kappa shape index (κ1) is 26.3. The minimum absolute atomic E-state index is 0.154. The smallest absolute Gasteiger partial charge is 0.257 e. The predicted octanol–water partition coefficient (Wildman–Crippen LogP) is 5.13. The molecule has 6 rings (SSSR count). The third-order valence-electron chi connectivity index (χ3n) is 7.15. The highest BCUT2D eigenvalue weighted by molar-refractivity contribution is 8.00. The van der Waals surface area contributed by atoms with E-state index in [-0.39, 0.29) is 17.5 Å². The molecule has 0 saturated carbocycles. The van der Waals surface area contributed by atoms with Crippen LogP contribution in [-0.4, -0.2) is 60.0 Å². The molecule has 4 heterocycles. The van der Waals surface area contributed by atoms with Crippen molar-refractivity contribution in [3.8, 4) is 17.0 Å². The van der Waals surface area contributed by atoms with Crippen molar-refractivity contribution < 1.29 is 23.4 Å². The topological polar surface area (TPSA) is 112 Å². The molecule has 40 heavy (non-hydrogen) atoms. The number of aromatic nitrogens is 2. The molecule has 206 valence electrons. The molecule has 0 aliphatic carbocycles. The fourth-order valence-corrected chi connectivity index (χ4v) is 5.79. The predicted molar refractivity (Wildman–Crippen MR) is 152 cm³/mol. The molecular weight excluding hydrogens is 533 g/mol. The lowest BCUT2D eigenvalue weighted by Gasteiger charge is -2.37. The van der Waals surface area contributed by atoms with Crippen molar-refractivity contribution in [2.45, 2.75) is 23.5 Å². The highest BCUT2D eigenvalue weighted by Gasteiger charge is 2.41. The number of likely N-dealkylation sites (tertiary alicyclic amines) is 1. The number of carbonyl (C=O) groups is 1. The van der Waals surface area contributed by atoms with Crippen molar-refractivity contribution in [2.24, 2.45) is 0 Å². The number of benzene rings is 2. The first-order chi connectivity index (χ1) is 19.4. The van der Waals surface area contributed by atoms with Gasteiger partial charge >= 0.3 is 0 Å². The van der Waals surface area contributed by atoms with E-state index in [1.54, 1.807) is 36.4 Å². The second-order valence-electron chi connectivity index (χ2n) is 9.67. The Morgan fingerprint density at radius 3 is 2.65 bits per heavy atom. The van der Waals surface area contributed by atoms with E-state index in [0.717, 1.165) is 21.4 Å². The van der Waals surface area contributed by atoms with Crippen molar-refractivity contribution in [2.75, 3.05) is 43.9 Å². The number of fused-ring (bicyclic) bond motifs is 1. The normalized spacial score (nSPS) is 16.4. The van der Waals surface area contributed by atoms with Crippen LogP contribution in [0.15, 0.2) is 65.7 Å². The molecular formula is C29H28FN5O4S. The molecule has 2 aromatic heterocycles. The van der Waals surface area contributed by atoms with Gasteiger partial charge in [0.05, 0.1) is 36.3 Å². The van der Waals surface area contributed by atoms with Gasteiger partial charge in [-0.25, -0.2) is 14.4 Å². The molecule has 1 amide bonds. The number of carbonyl (C=O) groups excluding carboxylic acids is 1. The van der Waals surface area contributed by atoms with Crippen LogP contribution in [-0.2, 0) is 9.47 Å². The van der Waals surface area contributed by atoms with E-state index in [1.807, 2.05) is 24.3 Å². The summed E-state index contributed by atoms with van der Waals surface area (Å²) in [5.74, 6) is -0.397. The molecule has 0 bridgehead atoms. The van der Waals surface area contributed by atoms with Gasteiger partial charge in [-0.05, 0) is 60.0 Å². The van der Waals surface area contributed by atoms with Gasteiger partial charge in [-0.15, -0.1) is 0 Å². The van der Waals surface area contributed by atoms with E-state index in [0.29, 0.717) is 61.8 Å². The Bertz CT molecular complexity index is 1570. The number of nitrogens with two attached hydrogens (primary N) is 1. The number of amides is 1. The van der Waals surface area contributed by atoms with E-state index < -0.39 is 5.79 Å². The first-order valence-corrected chi connectivity index (χ1v) is 13.7. The second-order valence-corrected chi connectivity index (χ2v) is 10.5. The maximum Gasteiger partial charge on any atom is 0.257 e. The van der Waals surface area contributed by atoms with Crippen molar-refractivity contribution in [3.05, 3.63) is 72.2 Å². The van der Waals surface area contributed by atoms with Crippen LogP contribution in [0.2, 0.25) is 0 Å². The number of rotatable bonds is 6. The second kappa shape index (κ2) is 10.9. The van der Waals surface area contributed by atoms with Gasteiger partial charge in [-0.2, -0.15) is 0 Å². The van der Waals surface area contributed by atoms with Crippen LogP contribution in [0.3, 0.4) is 0 Å². The fraction of sp³-hybridized carbons (Fsp3) is 0.276. The van der Waals surface area contributed by atoms with Gasteiger partial charge in [-0.1, -0.05) is 12.1 Å². The summed E-state index contributed by atoms with van der Waals surface area (Å²) in [4.78, 5) is 24.9. The van der Waals surface area contributed by atoms with Crippen molar-refractivity contribution >= 4 is 40.3 Å². The molecule has 4 aromatic rings. The van der Waals surface area contributed by atoms with E-state index in [1.165, 1.54) is 24.1 Å². The molecule has 2 fully saturated rings. The number of ether oxygens (including phenoxy) is 3. The number of anilines is 2. The number of nitrogens with one attached hydrogen (secondary N) is 1. The van der Waals surface area contributed by atoms with Crippen LogP contribution in [0.25, 0.3) is 22.0 Å². The lowest BCUT2D eigenvalue weighted by Crippen LogP contribution is -2.47. The van der Waals surface area contributed by atoms with E-state index in [2.05, 4.69) is 14.7 Å². The summed E-state index contributed by atoms with van der Waals surface area (Å²) in [6.45, 7) is 2.23. The molecule has 2 saturated heterocycles. The average molecular weight is 562 g/mol. The Morgan fingerprint density at radius 1 is 1.10 bits per heavy atom. The molecule has 3 N–H and O–H groups in total. The number of nitrogens with zero attached hydrogens (tertiary/aromatic N) is 3. The molecule has 11 heteroatoms. The van der Waals surface area contributed by atoms with Crippen LogP contribution in [0.1, 0.15) is 23.2 Å². The Balaban J connectivity index is 1.25. The number of nitrogen functional groups attached to an aromatic ring is 1. The van der Waals surface area contributed by atoms with Crippen LogP contribution < -0.4 is 15.2 Å². The van der Waals surface area contributed by atoms with Gasteiger partial charge in [0.15, 0.2) is 5.79 Å². The third kappa shape index (κ3) is 5.27. The monoisotopic (exact) mass is 561 g/mol. The zero-order chi connectivity index (χ0) is 27.7. The number of pyridine rings is 2. The largest absolute Gasteiger partial charge is 0.480 e. The number of hydrogen-bond acceptors (Lipinski definition) is 9. The lowest BCUT2D eigenvalue weighted by atomic mass is 10.0. The SMILES string of the molecule is COc1ncc(-c2ccc3nc(N)c(C(=O)N4CCC5(CC4)OCCO5)cc3c2)cc1SNc1cccc(F)c1. The zero-order valence-corrected chi connectivity index (χ0v) is 22.7.